The Labute approximate surface area is 135 Å². The summed E-state index contributed by atoms with van der Waals surface area (Å²) in [5.41, 5.74) is 1.15. The molecule has 2 aromatic carbocycles. The number of fused-ring (bicyclic) bond motifs is 1. The second-order valence-electron chi connectivity index (χ2n) is 4.86. The summed E-state index contributed by atoms with van der Waals surface area (Å²) in [6.45, 7) is 0.224. The van der Waals surface area contributed by atoms with Crippen molar-refractivity contribution in [3.05, 3.63) is 52.3 Å². The summed E-state index contributed by atoms with van der Waals surface area (Å²) in [6, 6.07) is 10.1. The van der Waals surface area contributed by atoms with E-state index in [4.69, 9.17) is 9.47 Å². The quantitative estimate of drug-likeness (QED) is 0.893. The topological polar surface area (TPSA) is 47.6 Å². The number of benzene rings is 2. The Bertz CT molecular complexity index is 721. The number of ether oxygens (including phenoxy) is 2. The number of rotatable bonds is 4. The molecule has 0 fully saturated rings. The molecule has 3 rings (SSSR count). The number of amides is 1. The van der Waals surface area contributed by atoms with Gasteiger partial charge in [0.2, 0.25) is 12.7 Å². The van der Waals surface area contributed by atoms with Crippen molar-refractivity contribution in [1.82, 2.24) is 0 Å². The van der Waals surface area contributed by atoms with Gasteiger partial charge in [-0.25, -0.2) is 4.39 Å². The van der Waals surface area contributed by atoms with Crippen LogP contribution in [0.25, 0.3) is 0 Å². The average Bonchev–Trinajstić information content (AvgIpc) is 2.95. The zero-order chi connectivity index (χ0) is 15.5. The van der Waals surface area contributed by atoms with Crippen molar-refractivity contribution >= 4 is 27.5 Å². The van der Waals surface area contributed by atoms with Crippen LogP contribution in [-0.2, 0) is 11.2 Å². The predicted octanol–water partition coefficient (Wildman–Crippen LogP) is 3.89. The third kappa shape index (κ3) is 3.39. The molecule has 1 heterocycles. The van der Waals surface area contributed by atoms with Gasteiger partial charge < -0.3 is 14.8 Å². The SMILES string of the molecule is O=C(CCc1ccc2c(c1)OCO2)Nc1ccc(Br)cc1F. The average molecular weight is 366 g/mol. The van der Waals surface area contributed by atoms with Gasteiger partial charge in [0.15, 0.2) is 11.5 Å². The number of hydrogen-bond acceptors (Lipinski definition) is 3. The Kier molecular flexibility index (Phi) is 4.29. The Morgan fingerprint density at radius 2 is 2.00 bits per heavy atom. The van der Waals surface area contributed by atoms with Crippen LogP contribution in [0.4, 0.5) is 10.1 Å². The molecule has 2 aromatic rings. The molecule has 0 unspecified atom stereocenters. The van der Waals surface area contributed by atoms with E-state index in [1.165, 1.54) is 12.1 Å². The second-order valence-corrected chi connectivity index (χ2v) is 5.78. The summed E-state index contributed by atoms with van der Waals surface area (Å²) < 4.78 is 24.8. The van der Waals surface area contributed by atoms with Gasteiger partial charge in [-0.1, -0.05) is 22.0 Å². The standard InChI is InChI=1S/C16H13BrFNO3/c17-11-3-4-13(12(18)8-11)19-16(20)6-2-10-1-5-14-15(7-10)22-9-21-14/h1,3-5,7-8H,2,6,9H2,(H,19,20). The maximum Gasteiger partial charge on any atom is 0.231 e. The molecule has 114 valence electrons. The molecule has 1 amide bonds. The molecule has 4 nitrogen and oxygen atoms in total. The number of halogens is 2. The third-order valence-electron chi connectivity index (χ3n) is 3.28. The van der Waals surface area contributed by atoms with E-state index >= 15 is 0 Å². The lowest BCUT2D eigenvalue weighted by Crippen LogP contribution is -2.13. The zero-order valence-corrected chi connectivity index (χ0v) is 13.2. The largest absolute Gasteiger partial charge is 0.454 e. The molecule has 0 saturated heterocycles. The summed E-state index contributed by atoms with van der Waals surface area (Å²) in [7, 11) is 0. The Morgan fingerprint density at radius 3 is 2.82 bits per heavy atom. The maximum atomic E-state index is 13.6. The molecule has 0 saturated carbocycles. The van der Waals surface area contributed by atoms with Crippen LogP contribution < -0.4 is 14.8 Å². The lowest BCUT2D eigenvalue weighted by atomic mass is 10.1. The number of carbonyl (C=O) groups is 1. The smallest absolute Gasteiger partial charge is 0.231 e. The minimum atomic E-state index is -0.467. The fraction of sp³-hybridized carbons (Fsp3) is 0.188. The van der Waals surface area contributed by atoms with Crippen molar-refractivity contribution in [3.8, 4) is 11.5 Å². The highest BCUT2D eigenvalue weighted by molar-refractivity contribution is 9.10. The third-order valence-corrected chi connectivity index (χ3v) is 3.78. The number of anilines is 1. The Balaban J connectivity index is 1.58. The second kappa shape index (κ2) is 6.36. The number of nitrogens with one attached hydrogen (secondary N) is 1. The van der Waals surface area contributed by atoms with Crippen molar-refractivity contribution in [2.45, 2.75) is 12.8 Å². The van der Waals surface area contributed by atoms with E-state index in [-0.39, 0.29) is 24.8 Å². The molecule has 22 heavy (non-hydrogen) atoms. The Morgan fingerprint density at radius 1 is 1.18 bits per heavy atom. The van der Waals surface area contributed by atoms with Crippen molar-refractivity contribution in [2.24, 2.45) is 0 Å². The molecule has 0 aliphatic carbocycles. The van der Waals surface area contributed by atoms with Gasteiger partial charge in [-0.05, 0) is 42.3 Å². The molecule has 0 spiro atoms. The molecule has 0 aromatic heterocycles. The summed E-state index contributed by atoms with van der Waals surface area (Å²) in [6.07, 6.45) is 0.801. The molecular weight excluding hydrogens is 353 g/mol. The highest BCUT2D eigenvalue weighted by Gasteiger charge is 2.14. The fourth-order valence-corrected chi connectivity index (χ4v) is 2.49. The number of aryl methyl sites for hydroxylation is 1. The first-order chi connectivity index (χ1) is 10.6. The predicted molar refractivity (Wildman–Crippen MR) is 83.6 cm³/mol. The van der Waals surface area contributed by atoms with Crippen LogP contribution in [0, 0.1) is 5.82 Å². The molecule has 1 aliphatic rings. The zero-order valence-electron chi connectivity index (χ0n) is 11.6. The van der Waals surface area contributed by atoms with Crippen LogP contribution in [-0.4, -0.2) is 12.7 Å². The van der Waals surface area contributed by atoms with E-state index < -0.39 is 5.82 Å². The van der Waals surface area contributed by atoms with Crippen LogP contribution >= 0.6 is 15.9 Å². The fourth-order valence-electron chi connectivity index (χ4n) is 2.16. The first-order valence-corrected chi connectivity index (χ1v) is 7.54. The lowest BCUT2D eigenvalue weighted by molar-refractivity contribution is -0.116. The minimum absolute atomic E-state index is 0.180. The molecule has 0 bridgehead atoms. The van der Waals surface area contributed by atoms with Crippen LogP contribution in [0.15, 0.2) is 40.9 Å². The van der Waals surface area contributed by atoms with Crippen LogP contribution in [0.1, 0.15) is 12.0 Å². The van der Waals surface area contributed by atoms with Gasteiger partial charge in [0.25, 0.3) is 0 Å². The normalized spacial score (nSPS) is 12.3. The molecule has 1 N–H and O–H groups in total. The summed E-state index contributed by atoms with van der Waals surface area (Å²) in [4.78, 5) is 11.9. The first-order valence-electron chi connectivity index (χ1n) is 6.75. The van der Waals surface area contributed by atoms with Gasteiger partial charge in [-0.3, -0.25) is 4.79 Å². The lowest BCUT2D eigenvalue weighted by Gasteiger charge is -2.07. The summed E-state index contributed by atoms with van der Waals surface area (Å²) in [5.74, 6) is 0.701. The van der Waals surface area contributed by atoms with Crippen molar-refractivity contribution in [3.63, 3.8) is 0 Å². The van der Waals surface area contributed by atoms with Crippen molar-refractivity contribution in [1.29, 1.82) is 0 Å². The van der Waals surface area contributed by atoms with Gasteiger partial charge in [-0.2, -0.15) is 0 Å². The van der Waals surface area contributed by atoms with Gasteiger partial charge >= 0.3 is 0 Å². The van der Waals surface area contributed by atoms with Crippen molar-refractivity contribution in [2.75, 3.05) is 12.1 Å². The molecule has 0 atom stereocenters. The minimum Gasteiger partial charge on any atom is -0.454 e. The van der Waals surface area contributed by atoms with E-state index in [0.29, 0.717) is 22.4 Å². The van der Waals surface area contributed by atoms with Crippen LogP contribution in [0.3, 0.4) is 0 Å². The first kappa shape index (κ1) is 14.8. The molecule has 6 heteroatoms. The van der Waals surface area contributed by atoms with Gasteiger partial charge in [0.05, 0.1) is 5.69 Å². The van der Waals surface area contributed by atoms with Gasteiger partial charge in [-0.15, -0.1) is 0 Å². The molecule has 1 aliphatic heterocycles. The van der Waals surface area contributed by atoms with E-state index in [1.54, 1.807) is 6.07 Å². The number of hydrogen-bond donors (Lipinski definition) is 1. The van der Waals surface area contributed by atoms with E-state index in [9.17, 15) is 9.18 Å². The highest BCUT2D eigenvalue weighted by Crippen LogP contribution is 2.32. The Hall–Kier alpha value is -2.08. The van der Waals surface area contributed by atoms with Gasteiger partial charge in [0, 0.05) is 10.9 Å². The van der Waals surface area contributed by atoms with E-state index in [2.05, 4.69) is 21.2 Å². The highest BCUT2D eigenvalue weighted by atomic mass is 79.9. The number of carbonyl (C=O) groups excluding carboxylic acids is 1. The van der Waals surface area contributed by atoms with Crippen LogP contribution in [0.5, 0.6) is 11.5 Å². The summed E-state index contributed by atoms with van der Waals surface area (Å²) in [5, 5.41) is 2.57. The van der Waals surface area contributed by atoms with E-state index in [1.807, 2.05) is 18.2 Å². The van der Waals surface area contributed by atoms with Crippen LogP contribution in [0.2, 0.25) is 0 Å². The summed E-state index contributed by atoms with van der Waals surface area (Å²) >= 11 is 3.17. The monoisotopic (exact) mass is 365 g/mol. The van der Waals surface area contributed by atoms with E-state index in [0.717, 1.165) is 5.56 Å². The van der Waals surface area contributed by atoms with Gasteiger partial charge in [0.1, 0.15) is 5.82 Å². The van der Waals surface area contributed by atoms with Crippen molar-refractivity contribution < 1.29 is 18.7 Å². The molecular formula is C16H13BrFNO3. The molecule has 0 radical (unpaired) electrons. The maximum absolute atomic E-state index is 13.6.